The predicted molar refractivity (Wildman–Crippen MR) is 89.2 cm³/mol. The van der Waals surface area contributed by atoms with Crippen molar-refractivity contribution in [3.05, 3.63) is 53.5 Å². The first-order valence-electron chi connectivity index (χ1n) is 7.91. The van der Waals surface area contributed by atoms with Crippen molar-refractivity contribution in [3.8, 4) is 0 Å². The molecule has 130 valence electrons. The lowest BCUT2D eigenvalue weighted by molar-refractivity contribution is -0.126. The summed E-state index contributed by atoms with van der Waals surface area (Å²) in [5.41, 5.74) is 1.88. The summed E-state index contributed by atoms with van der Waals surface area (Å²) in [6.45, 7) is 2.38. The van der Waals surface area contributed by atoms with E-state index in [9.17, 15) is 14.4 Å². The number of carbonyl (C=O) groups excluding carboxylic acids is 2. The summed E-state index contributed by atoms with van der Waals surface area (Å²) in [5, 5.41) is 11.5. The van der Waals surface area contributed by atoms with Gasteiger partial charge in [-0.05, 0) is 31.2 Å². The molecule has 1 aliphatic heterocycles. The minimum absolute atomic E-state index is 0.0847. The van der Waals surface area contributed by atoms with E-state index in [1.54, 1.807) is 4.90 Å². The van der Waals surface area contributed by atoms with Crippen LogP contribution in [0.25, 0.3) is 0 Å². The average Bonchev–Trinajstić information content (AvgIpc) is 3.20. The Kier molecular flexibility index (Phi) is 4.56. The molecule has 7 nitrogen and oxygen atoms in total. The number of carboxylic acid groups (broad SMARTS) is 1. The minimum Gasteiger partial charge on any atom is -0.475 e. The van der Waals surface area contributed by atoms with Gasteiger partial charge in [-0.3, -0.25) is 9.59 Å². The van der Waals surface area contributed by atoms with Gasteiger partial charge in [0.2, 0.25) is 17.6 Å². The minimum atomic E-state index is -1.16. The highest BCUT2D eigenvalue weighted by Crippen LogP contribution is 2.25. The number of hydrogen-bond donors (Lipinski definition) is 2. The number of amides is 2. The highest BCUT2D eigenvalue weighted by atomic mass is 16.4. The van der Waals surface area contributed by atoms with Crippen LogP contribution in [0.1, 0.15) is 28.3 Å². The second-order valence-corrected chi connectivity index (χ2v) is 6.03. The fraction of sp³-hybridized carbons (Fsp3) is 0.278. The normalized spacial score (nSPS) is 16.9. The summed E-state index contributed by atoms with van der Waals surface area (Å²) < 4.78 is 5.09. The summed E-state index contributed by atoms with van der Waals surface area (Å²) >= 11 is 0. The van der Waals surface area contributed by atoms with Crippen molar-refractivity contribution >= 4 is 23.5 Å². The van der Waals surface area contributed by atoms with Gasteiger partial charge in [-0.2, -0.15) is 0 Å². The molecular weight excluding hydrogens is 324 g/mol. The van der Waals surface area contributed by atoms with Crippen LogP contribution < -0.4 is 10.2 Å². The Bertz CT molecular complexity index is 809. The van der Waals surface area contributed by atoms with Crippen LogP contribution in [0.5, 0.6) is 0 Å². The number of carbonyl (C=O) groups is 3. The molecule has 2 N–H and O–H groups in total. The van der Waals surface area contributed by atoms with E-state index in [0.29, 0.717) is 12.3 Å². The fourth-order valence-electron chi connectivity index (χ4n) is 2.76. The summed E-state index contributed by atoms with van der Waals surface area (Å²) in [5.74, 6) is -1.77. The molecule has 3 rings (SSSR count). The van der Waals surface area contributed by atoms with E-state index in [2.05, 4.69) is 5.32 Å². The maximum Gasteiger partial charge on any atom is 0.371 e. The number of hydrogen-bond acceptors (Lipinski definition) is 4. The summed E-state index contributed by atoms with van der Waals surface area (Å²) in [7, 11) is 0. The van der Waals surface area contributed by atoms with Crippen LogP contribution in [0, 0.1) is 12.8 Å². The Hall–Kier alpha value is -3.09. The van der Waals surface area contributed by atoms with Crippen molar-refractivity contribution in [1.82, 2.24) is 5.32 Å². The first-order chi connectivity index (χ1) is 11.9. The Morgan fingerprint density at radius 1 is 1.24 bits per heavy atom. The lowest BCUT2D eigenvalue weighted by Gasteiger charge is -2.16. The van der Waals surface area contributed by atoms with Crippen LogP contribution in [-0.2, 0) is 16.1 Å². The number of nitrogens with one attached hydrogen (secondary N) is 1. The Morgan fingerprint density at radius 3 is 2.60 bits per heavy atom. The van der Waals surface area contributed by atoms with Gasteiger partial charge in [-0.1, -0.05) is 17.7 Å². The van der Waals surface area contributed by atoms with Crippen molar-refractivity contribution in [2.45, 2.75) is 19.9 Å². The molecule has 1 aliphatic rings. The molecule has 1 aromatic heterocycles. The average molecular weight is 342 g/mol. The first kappa shape index (κ1) is 16.8. The van der Waals surface area contributed by atoms with Gasteiger partial charge in [0.1, 0.15) is 5.76 Å². The van der Waals surface area contributed by atoms with Gasteiger partial charge in [0, 0.05) is 18.7 Å². The summed E-state index contributed by atoms with van der Waals surface area (Å²) in [6.07, 6.45) is 0.151. The van der Waals surface area contributed by atoms with Gasteiger partial charge in [0.05, 0.1) is 12.5 Å². The molecule has 0 spiro atoms. The highest BCUT2D eigenvalue weighted by molar-refractivity contribution is 6.00. The van der Waals surface area contributed by atoms with Gasteiger partial charge >= 0.3 is 5.97 Å². The Balaban J connectivity index is 1.58. The van der Waals surface area contributed by atoms with Crippen molar-refractivity contribution in [2.75, 3.05) is 11.4 Å². The standard InChI is InChI=1S/C18H18N2O5/c1-11-2-4-13(5-3-11)20-10-12(8-16(20)21)17(22)19-9-14-6-7-15(25-14)18(23)24/h2-7,12H,8-10H2,1H3,(H,19,22)(H,23,24). The number of aromatic carboxylic acids is 1. The topological polar surface area (TPSA) is 99.8 Å². The lowest BCUT2D eigenvalue weighted by Crippen LogP contribution is -2.32. The van der Waals surface area contributed by atoms with Crippen LogP contribution in [0.15, 0.2) is 40.8 Å². The third-order valence-electron chi connectivity index (χ3n) is 4.15. The van der Waals surface area contributed by atoms with Gasteiger partial charge in [-0.15, -0.1) is 0 Å². The predicted octanol–water partition coefficient (Wildman–Crippen LogP) is 1.96. The molecule has 1 fully saturated rings. The quantitative estimate of drug-likeness (QED) is 0.865. The zero-order chi connectivity index (χ0) is 18.0. The molecule has 1 unspecified atom stereocenters. The maximum atomic E-state index is 12.3. The van der Waals surface area contributed by atoms with Crippen LogP contribution in [0.4, 0.5) is 5.69 Å². The lowest BCUT2D eigenvalue weighted by atomic mass is 10.1. The van der Waals surface area contributed by atoms with E-state index in [1.807, 2.05) is 31.2 Å². The number of rotatable bonds is 5. The number of benzene rings is 1. The number of carboxylic acids is 1. The number of nitrogens with zero attached hydrogens (tertiary/aromatic N) is 1. The third kappa shape index (κ3) is 3.71. The van der Waals surface area contributed by atoms with E-state index in [0.717, 1.165) is 11.3 Å². The van der Waals surface area contributed by atoms with Crippen LogP contribution in [-0.4, -0.2) is 29.4 Å². The Labute approximate surface area is 144 Å². The summed E-state index contributed by atoms with van der Waals surface area (Å²) in [4.78, 5) is 36.9. The molecule has 1 saturated heterocycles. The zero-order valence-electron chi connectivity index (χ0n) is 13.7. The second-order valence-electron chi connectivity index (χ2n) is 6.03. The molecule has 7 heteroatoms. The van der Waals surface area contributed by atoms with Crippen molar-refractivity contribution < 1.29 is 23.9 Å². The molecule has 0 aliphatic carbocycles. The van der Waals surface area contributed by atoms with E-state index in [1.165, 1.54) is 12.1 Å². The van der Waals surface area contributed by atoms with E-state index >= 15 is 0 Å². The van der Waals surface area contributed by atoms with Crippen molar-refractivity contribution in [2.24, 2.45) is 5.92 Å². The van der Waals surface area contributed by atoms with E-state index in [4.69, 9.17) is 9.52 Å². The SMILES string of the molecule is Cc1ccc(N2CC(C(=O)NCc3ccc(C(=O)O)o3)CC2=O)cc1. The molecule has 2 aromatic rings. The molecule has 0 bridgehead atoms. The molecule has 1 aromatic carbocycles. The maximum absolute atomic E-state index is 12.3. The van der Waals surface area contributed by atoms with E-state index < -0.39 is 11.9 Å². The molecule has 2 heterocycles. The van der Waals surface area contributed by atoms with Gasteiger partial charge in [0.15, 0.2) is 0 Å². The van der Waals surface area contributed by atoms with Crippen LogP contribution in [0.2, 0.25) is 0 Å². The molecule has 1 atom stereocenters. The van der Waals surface area contributed by atoms with Crippen LogP contribution in [0.3, 0.4) is 0 Å². The molecule has 0 saturated carbocycles. The van der Waals surface area contributed by atoms with Crippen molar-refractivity contribution in [1.29, 1.82) is 0 Å². The first-order valence-corrected chi connectivity index (χ1v) is 7.91. The third-order valence-corrected chi connectivity index (χ3v) is 4.15. The largest absolute Gasteiger partial charge is 0.475 e. The molecule has 0 radical (unpaired) electrons. The van der Waals surface area contributed by atoms with Crippen molar-refractivity contribution in [3.63, 3.8) is 0 Å². The van der Waals surface area contributed by atoms with Gasteiger partial charge in [0.25, 0.3) is 0 Å². The number of anilines is 1. The molecular formula is C18H18N2O5. The zero-order valence-corrected chi connectivity index (χ0v) is 13.7. The molecule has 2 amide bonds. The highest BCUT2D eigenvalue weighted by Gasteiger charge is 2.35. The van der Waals surface area contributed by atoms with Gasteiger partial charge in [-0.25, -0.2) is 4.79 Å². The second kappa shape index (κ2) is 6.80. The Morgan fingerprint density at radius 2 is 1.96 bits per heavy atom. The monoisotopic (exact) mass is 342 g/mol. The number of furan rings is 1. The number of aryl methyl sites for hydroxylation is 1. The summed E-state index contributed by atoms with van der Waals surface area (Å²) in [6, 6.07) is 10.4. The fourth-order valence-corrected chi connectivity index (χ4v) is 2.76. The smallest absolute Gasteiger partial charge is 0.371 e. The van der Waals surface area contributed by atoms with Crippen LogP contribution >= 0.6 is 0 Å². The molecule has 25 heavy (non-hydrogen) atoms. The van der Waals surface area contributed by atoms with Gasteiger partial charge < -0.3 is 19.7 Å². The van der Waals surface area contributed by atoms with E-state index in [-0.39, 0.29) is 30.5 Å².